The highest BCUT2D eigenvalue weighted by Gasteiger charge is 2.29. The van der Waals surface area contributed by atoms with E-state index < -0.39 is 16.0 Å². The molecule has 0 amide bonds. The molecule has 0 aliphatic rings. The van der Waals surface area contributed by atoms with Crippen molar-refractivity contribution in [1.82, 2.24) is 4.31 Å². The van der Waals surface area contributed by atoms with Crippen LogP contribution in [0.4, 0.5) is 0 Å². The number of hydrogen-bond acceptors (Lipinski definition) is 3. The van der Waals surface area contributed by atoms with E-state index in [1.54, 1.807) is 32.9 Å². The highest BCUT2D eigenvalue weighted by molar-refractivity contribution is 7.89. The lowest BCUT2D eigenvalue weighted by Crippen LogP contribution is -2.38. The molecule has 0 radical (unpaired) electrons. The fraction of sp³-hybridized carbons (Fsp3) is 0.462. The number of carboxylic acid groups (broad SMARTS) is 1. The molecular formula is C13H18ClNO4S. The Morgan fingerprint density at radius 3 is 2.50 bits per heavy atom. The van der Waals surface area contributed by atoms with E-state index in [4.69, 9.17) is 16.7 Å². The van der Waals surface area contributed by atoms with Gasteiger partial charge in [-0.3, -0.25) is 4.79 Å². The standard InChI is InChI=1S/C13H18ClNO4S/c1-9(2)15(8-7-13(16)17)20(18,19)12-6-4-5-11(14)10(12)3/h4-6,9H,7-8H2,1-3H3,(H,16,17). The molecule has 0 heterocycles. The molecule has 20 heavy (non-hydrogen) atoms. The Morgan fingerprint density at radius 2 is 2.00 bits per heavy atom. The average molecular weight is 320 g/mol. The molecule has 1 N–H and O–H groups in total. The molecule has 0 spiro atoms. The first kappa shape index (κ1) is 16.9. The second-order valence-corrected chi connectivity index (χ2v) is 6.98. The molecule has 1 aromatic rings. The quantitative estimate of drug-likeness (QED) is 0.874. The molecule has 1 rings (SSSR count). The van der Waals surface area contributed by atoms with Crippen molar-refractivity contribution in [2.24, 2.45) is 0 Å². The summed E-state index contributed by atoms with van der Waals surface area (Å²) in [5, 5.41) is 9.11. The minimum atomic E-state index is -3.76. The molecule has 0 fully saturated rings. The van der Waals surface area contributed by atoms with Crippen molar-refractivity contribution < 1.29 is 18.3 Å². The van der Waals surface area contributed by atoms with E-state index in [-0.39, 0.29) is 23.9 Å². The molecule has 112 valence electrons. The van der Waals surface area contributed by atoms with Crippen LogP contribution in [0, 0.1) is 6.92 Å². The van der Waals surface area contributed by atoms with Gasteiger partial charge in [0.1, 0.15) is 0 Å². The van der Waals surface area contributed by atoms with Crippen molar-refractivity contribution in [2.75, 3.05) is 6.54 Å². The molecule has 5 nitrogen and oxygen atoms in total. The fourth-order valence-corrected chi connectivity index (χ4v) is 3.97. The molecule has 0 saturated heterocycles. The summed E-state index contributed by atoms with van der Waals surface area (Å²) in [5.74, 6) is -1.03. The first-order valence-electron chi connectivity index (χ1n) is 6.16. The summed E-state index contributed by atoms with van der Waals surface area (Å²) < 4.78 is 26.4. The summed E-state index contributed by atoms with van der Waals surface area (Å²) in [5.41, 5.74) is 0.468. The predicted molar refractivity (Wildman–Crippen MR) is 77.5 cm³/mol. The first-order valence-corrected chi connectivity index (χ1v) is 7.98. The molecule has 0 aromatic heterocycles. The van der Waals surface area contributed by atoms with Crippen LogP contribution in [0.3, 0.4) is 0 Å². The van der Waals surface area contributed by atoms with Crippen molar-refractivity contribution in [1.29, 1.82) is 0 Å². The Balaban J connectivity index is 3.23. The van der Waals surface area contributed by atoms with Crippen LogP contribution in [0.5, 0.6) is 0 Å². The fourth-order valence-electron chi connectivity index (χ4n) is 1.86. The van der Waals surface area contributed by atoms with Gasteiger partial charge in [-0.2, -0.15) is 4.31 Å². The first-order chi connectivity index (χ1) is 9.17. The van der Waals surface area contributed by atoms with E-state index in [1.807, 2.05) is 0 Å². The molecule has 0 aliphatic heterocycles. The van der Waals surface area contributed by atoms with Gasteiger partial charge in [0.15, 0.2) is 0 Å². The second-order valence-electron chi connectivity index (χ2n) is 4.72. The number of hydrogen-bond donors (Lipinski definition) is 1. The maximum absolute atomic E-state index is 12.6. The van der Waals surface area contributed by atoms with Gasteiger partial charge in [0.25, 0.3) is 0 Å². The van der Waals surface area contributed by atoms with Gasteiger partial charge in [-0.05, 0) is 38.5 Å². The van der Waals surface area contributed by atoms with Crippen LogP contribution in [0.25, 0.3) is 0 Å². The number of aliphatic carboxylic acids is 1. The van der Waals surface area contributed by atoms with Crippen LogP contribution in [-0.2, 0) is 14.8 Å². The van der Waals surface area contributed by atoms with Crippen LogP contribution < -0.4 is 0 Å². The van der Waals surface area contributed by atoms with E-state index in [1.165, 1.54) is 10.4 Å². The number of rotatable bonds is 6. The molecule has 0 saturated carbocycles. The van der Waals surface area contributed by atoms with Crippen molar-refractivity contribution in [3.63, 3.8) is 0 Å². The lowest BCUT2D eigenvalue weighted by Gasteiger charge is -2.26. The minimum Gasteiger partial charge on any atom is -0.481 e. The van der Waals surface area contributed by atoms with Gasteiger partial charge in [-0.25, -0.2) is 8.42 Å². The third-order valence-electron chi connectivity index (χ3n) is 2.93. The SMILES string of the molecule is Cc1c(Cl)cccc1S(=O)(=O)N(CCC(=O)O)C(C)C. The van der Waals surface area contributed by atoms with Crippen molar-refractivity contribution in [3.05, 3.63) is 28.8 Å². The van der Waals surface area contributed by atoms with Crippen LogP contribution in [0.1, 0.15) is 25.8 Å². The van der Waals surface area contributed by atoms with Crippen molar-refractivity contribution in [3.8, 4) is 0 Å². The zero-order chi connectivity index (χ0) is 15.5. The lowest BCUT2D eigenvalue weighted by molar-refractivity contribution is -0.137. The van der Waals surface area contributed by atoms with E-state index in [9.17, 15) is 13.2 Å². The summed E-state index contributed by atoms with van der Waals surface area (Å²) in [6.07, 6.45) is -0.239. The maximum Gasteiger partial charge on any atom is 0.304 e. The summed E-state index contributed by atoms with van der Waals surface area (Å²) in [7, 11) is -3.76. The molecular weight excluding hydrogens is 302 g/mol. The third-order valence-corrected chi connectivity index (χ3v) is 5.56. The summed E-state index contributed by atoms with van der Waals surface area (Å²) in [6, 6.07) is 4.33. The van der Waals surface area contributed by atoms with E-state index >= 15 is 0 Å². The summed E-state index contributed by atoms with van der Waals surface area (Å²) in [6.45, 7) is 4.98. The zero-order valence-corrected chi connectivity index (χ0v) is 13.2. The second kappa shape index (κ2) is 6.56. The Morgan fingerprint density at radius 1 is 1.40 bits per heavy atom. The molecule has 7 heteroatoms. The van der Waals surface area contributed by atoms with E-state index in [0.717, 1.165) is 0 Å². The van der Waals surface area contributed by atoms with Crippen molar-refractivity contribution >= 4 is 27.6 Å². The molecule has 0 atom stereocenters. The lowest BCUT2D eigenvalue weighted by atomic mass is 10.2. The Kier molecular flexibility index (Phi) is 5.56. The van der Waals surface area contributed by atoms with Crippen molar-refractivity contribution in [2.45, 2.75) is 38.1 Å². The smallest absolute Gasteiger partial charge is 0.304 e. The predicted octanol–water partition coefficient (Wildman–Crippen LogP) is 2.52. The Bertz CT molecular complexity index is 598. The summed E-state index contributed by atoms with van der Waals surface area (Å²) in [4.78, 5) is 10.8. The van der Waals surface area contributed by atoms with Gasteiger partial charge < -0.3 is 5.11 Å². The normalized spacial score (nSPS) is 12.1. The Labute approximate surface area is 124 Å². The molecule has 1 aromatic carbocycles. The van der Waals surface area contributed by atoms with Crippen LogP contribution >= 0.6 is 11.6 Å². The topological polar surface area (TPSA) is 74.7 Å². The minimum absolute atomic E-state index is 0.0682. The van der Waals surface area contributed by atoms with Gasteiger partial charge >= 0.3 is 5.97 Å². The Hall–Kier alpha value is -1.11. The third kappa shape index (κ3) is 3.71. The van der Waals surface area contributed by atoms with Crippen LogP contribution in [-0.4, -0.2) is 36.4 Å². The number of halogens is 1. The summed E-state index contributed by atoms with van der Waals surface area (Å²) >= 11 is 5.95. The number of nitrogens with zero attached hydrogens (tertiary/aromatic N) is 1. The molecule has 0 bridgehead atoms. The van der Waals surface area contributed by atoms with E-state index in [2.05, 4.69) is 0 Å². The van der Waals surface area contributed by atoms with Gasteiger partial charge in [0.2, 0.25) is 10.0 Å². The highest BCUT2D eigenvalue weighted by Crippen LogP contribution is 2.26. The monoisotopic (exact) mass is 319 g/mol. The number of carboxylic acids is 1. The number of benzene rings is 1. The molecule has 0 unspecified atom stereocenters. The average Bonchev–Trinajstić information content (AvgIpc) is 2.31. The van der Waals surface area contributed by atoms with E-state index in [0.29, 0.717) is 10.6 Å². The van der Waals surface area contributed by atoms with Crippen LogP contribution in [0.15, 0.2) is 23.1 Å². The van der Waals surface area contributed by atoms with Gasteiger partial charge in [-0.15, -0.1) is 0 Å². The largest absolute Gasteiger partial charge is 0.481 e. The number of sulfonamides is 1. The maximum atomic E-state index is 12.6. The van der Waals surface area contributed by atoms with Gasteiger partial charge in [-0.1, -0.05) is 17.7 Å². The van der Waals surface area contributed by atoms with Crippen LogP contribution in [0.2, 0.25) is 5.02 Å². The van der Waals surface area contributed by atoms with Gasteiger partial charge in [0.05, 0.1) is 11.3 Å². The number of carbonyl (C=O) groups is 1. The highest BCUT2D eigenvalue weighted by atomic mass is 35.5. The van der Waals surface area contributed by atoms with Gasteiger partial charge in [0, 0.05) is 17.6 Å². The zero-order valence-electron chi connectivity index (χ0n) is 11.6. The molecule has 0 aliphatic carbocycles.